The van der Waals surface area contributed by atoms with E-state index in [9.17, 15) is 22.8 Å². The zero-order valence-electron chi connectivity index (χ0n) is 11.9. The van der Waals surface area contributed by atoms with Crippen LogP contribution in [0.4, 0.5) is 23.1 Å². The first-order valence-corrected chi connectivity index (χ1v) is 8.34. The van der Waals surface area contributed by atoms with Gasteiger partial charge in [-0.05, 0) is 19.8 Å². The van der Waals surface area contributed by atoms with E-state index in [0.29, 0.717) is 4.34 Å². The summed E-state index contributed by atoms with van der Waals surface area (Å²) in [4.78, 5) is 23.3. The molecule has 0 saturated heterocycles. The highest BCUT2D eigenvalue weighted by Gasteiger charge is 2.28. The second-order valence-corrected chi connectivity index (χ2v) is 7.40. The van der Waals surface area contributed by atoms with Crippen molar-refractivity contribution < 1.29 is 22.8 Å². The third-order valence-corrected chi connectivity index (χ3v) is 4.71. The number of amides is 3. The van der Waals surface area contributed by atoms with Crippen LogP contribution in [0.1, 0.15) is 19.8 Å². The van der Waals surface area contributed by atoms with Gasteiger partial charge in [0.1, 0.15) is 6.54 Å². The van der Waals surface area contributed by atoms with Gasteiger partial charge >= 0.3 is 12.2 Å². The van der Waals surface area contributed by atoms with Crippen molar-refractivity contribution in [1.82, 2.24) is 20.8 Å². The molecule has 1 saturated carbocycles. The number of nitrogens with one attached hydrogen (secondary N) is 3. The number of imide groups is 1. The molecule has 1 aromatic rings. The summed E-state index contributed by atoms with van der Waals surface area (Å²) < 4.78 is 36.6. The summed E-state index contributed by atoms with van der Waals surface area (Å²) >= 11 is 1.92. The Labute approximate surface area is 137 Å². The van der Waals surface area contributed by atoms with Gasteiger partial charge in [0.15, 0.2) is 4.34 Å². The zero-order chi connectivity index (χ0) is 17.0. The maximum Gasteiger partial charge on any atom is 0.405 e. The van der Waals surface area contributed by atoms with Crippen molar-refractivity contribution in [1.29, 1.82) is 0 Å². The average Bonchev–Trinajstić information content (AvgIpc) is 3.12. The minimum atomic E-state index is -4.35. The summed E-state index contributed by atoms with van der Waals surface area (Å²) in [7, 11) is 0. The molecule has 12 heteroatoms. The fourth-order valence-electron chi connectivity index (χ4n) is 1.37. The Morgan fingerprint density at radius 1 is 1.39 bits per heavy atom. The van der Waals surface area contributed by atoms with Gasteiger partial charge in [-0.25, -0.2) is 4.79 Å². The van der Waals surface area contributed by atoms with Crippen LogP contribution in [0.15, 0.2) is 4.34 Å². The van der Waals surface area contributed by atoms with Crippen molar-refractivity contribution in [2.75, 3.05) is 11.9 Å². The van der Waals surface area contributed by atoms with E-state index in [1.165, 1.54) is 0 Å². The molecule has 1 aromatic heterocycles. The summed E-state index contributed by atoms with van der Waals surface area (Å²) in [5, 5.41) is 13.6. The molecule has 3 amide bonds. The molecule has 2 rings (SSSR count). The van der Waals surface area contributed by atoms with Gasteiger partial charge in [0.2, 0.25) is 11.0 Å². The van der Waals surface area contributed by atoms with E-state index in [4.69, 9.17) is 0 Å². The molecule has 1 heterocycles. The Hall–Kier alpha value is -1.56. The number of carbonyl (C=O) groups excluding carboxylic acids is 2. The fourth-order valence-corrected chi connectivity index (χ4v) is 3.26. The SMILES string of the molecule is CC(Sc1nnc(NCC(F)(F)F)s1)C(=O)NC(=O)NC1CC1. The molecule has 0 aromatic carbocycles. The number of carbonyl (C=O) groups is 2. The van der Waals surface area contributed by atoms with E-state index < -0.39 is 29.9 Å². The number of thioether (sulfide) groups is 1. The molecule has 1 unspecified atom stereocenters. The quantitative estimate of drug-likeness (QED) is 0.664. The predicted octanol–water partition coefficient (Wildman–Crippen LogP) is 1.98. The van der Waals surface area contributed by atoms with Crippen LogP contribution in [0.3, 0.4) is 0 Å². The van der Waals surface area contributed by atoms with Gasteiger partial charge in [0, 0.05) is 6.04 Å². The van der Waals surface area contributed by atoms with Crippen LogP contribution in [-0.4, -0.2) is 46.1 Å². The van der Waals surface area contributed by atoms with Crippen LogP contribution in [-0.2, 0) is 4.79 Å². The van der Waals surface area contributed by atoms with Crippen LogP contribution in [0.2, 0.25) is 0 Å². The lowest BCUT2D eigenvalue weighted by molar-refractivity contribution is -0.119. The van der Waals surface area contributed by atoms with Crippen LogP contribution in [0.5, 0.6) is 0 Å². The van der Waals surface area contributed by atoms with Gasteiger partial charge in [-0.15, -0.1) is 10.2 Å². The molecular formula is C11H14F3N5O2S2. The first kappa shape index (κ1) is 17.8. The number of halogens is 3. The van der Waals surface area contributed by atoms with E-state index in [1.54, 1.807) is 6.92 Å². The minimum Gasteiger partial charge on any atom is -0.351 e. The molecule has 1 aliphatic carbocycles. The normalized spacial score (nSPS) is 15.8. The summed E-state index contributed by atoms with van der Waals surface area (Å²) in [5.74, 6) is -0.506. The van der Waals surface area contributed by atoms with Crippen LogP contribution in [0, 0.1) is 0 Å². The average molecular weight is 369 g/mol. The van der Waals surface area contributed by atoms with Crippen LogP contribution in [0.25, 0.3) is 0 Å². The van der Waals surface area contributed by atoms with Gasteiger partial charge in [-0.2, -0.15) is 13.2 Å². The molecule has 0 aliphatic heterocycles. The van der Waals surface area contributed by atoms with Crippen LogP contribution >= 0.6 is 23.1 Å². The molecule has 3 N–H and O–H groups in total. The molecule has 0 radical (unpaired) electrons. The van der Waals surface area contributed by atoms with Crippen molar-refractivity contribution in [3.05, 3.63) is 0 Å². The molecular weight excluding hydrogens is 355 g/mol. The van der Waals surface area contributed by atoms with Gasteiger partial charge in [0.05, 0.1) is 5.25 Å². The summed E-state index contributed by atoms with van der Waals surface area (Å²) in [6.45, 7) is 0.359. The summed E-state index contributed by atoms with van der Waals surface area (Å²) in [5.41, 5.74) is 0. The maximum atomic E-state index is 12.1. The number of nitrogens with zero attached hydrogens (tertiary/aromatic N) is 2. The van der Waals surface area contributed by atoms with Gasteiger partial charge in [0.25, 0.3) is 0 Å². The van der Waals surface area contributed by atoms with E-state index in [0.717, 1.165) is 35.9 Å². The lowest BCUT2D eigenvalue weighted by Crippen LogP contribution is -2.43. The summed E-state index contributed by atoms with van der Waals surface area (Å²) in [6.07, 6.45) is -2.53. The smallest absolute Gasteiger partial charge is 0.351 e. The lowest BCUT2D eigenvalue weighted by atomic mass is 10.4. The first-order valence-electron chi connectivity index (χ1n) is 6.65. The topological polar surface area (TPSA) is 96.0 Å². The Kier molecular flexibility index (Phi) is 5.68. The standard InChI is InChI=1S/C11H14F3N5O2S2/c1-5(7(20)17-8(21)16-6-2-3-6)22-10-19-18-9(23-10)15-4-11(12,13)14/h5-6H,2-4H2,1H3,(H,15,18)(H2,16,17,20,21). The molecule has 7 nitrogen and oxygen atoms in total. The lowest BCUT2D eigenvalue weighted by Gasteiger charge is -2.09. The Bertz CT molecular complexity index is 576. The number of anilines is 1. The predicted molar refractivity (Wildman–Crippen MR) is 79.5 cm³/mol. The summed E-state index contributed by atoms with van der Waals surface area (Å²) in [6, 6.07) is -0.411. The molecule has 128 valence electrons. The second-order valence-electron chi connectivity index (χ2n) is 4.84. The number of hydrogen-bond donors (Lipinski definition) is 3. The fraction of sp³-hybridized carbons (Fsp3) is 0.636. The zero-order valence-corrected chi connectivity index (χ0v) is 13.6. The largest absolute Gasteiger partial charge is 0.405 e. The van der Waals surface area contributed by atoms with Crippen molar-refractivity contribution in [2.45, 2.75) is 41.6 Å². The minimum absolute atomic E-state index is 0.0175. The Morgan fingerprint density at radius 3 is 2.70 bits per heavy atom. The third kappa shape index (κ3) is 6.60. The van der Waals surface area contributed by atoms with E-state index >= 15 is 0 Å². The van der Waals surface area contributed by atoms with Crippen LogP contribution < -0.4 is 16.0 Å². The van der Waals surface area contributed by atoms with Gasteiger partial charge < -0.3 is 10.6 Å². The van der Waals surface area contributed by atoms with E-state index in [1.807, 2.05) is 0 Å². The molecule has 1 aliphatic rings. The molecule has 1 atom stereocenters. The number of aromatic nitrogens is 2. The number of alkyl halides is 3. The van der Waals surface area contributed by atoms with Gasteiger partial charge in [-0.1, -0.05) is 23.1 Å². The monoisotopic (exact) mass is 369 g/mol. The van der Waals surface area contributed by atoms with Crippen molar-refractivity contribution >= 4 is 40.2 Å². The number of urea groups is 1. The van der Waals surface area contributed by atoms with Gasteiger partial charge in [-0.3, -0.25) is 10.1 Å². The van der Waals surface area contributed by atoms with E-state index in [2.05, 4.69) is 26.1 Å². The Balaban J connectivity index is 1.77. The molecule has 0 bridgehead atoms. The highest BCUT2D eigenvalue weighted by atomic mass is 32.2. The third-order valence-electron chi connectivity index (χ3n) is 2.64. The molecule has 0 spiro atoms. The first-order chi connectivity index (χ1) is 10.7. The van der Waals surface area contributed by atoms with Crippen molar-refractivity contribution in [2.24, 2.45) is 0 Å². The number of rotatable bonds is 6. The molecule has 1 fully saturated rings. The highest BCUT2D eigenvalue weighted by Crippen LogP contribution is 2.29. The van der Waals surface area contributed by atoms with Crippen molar-refractivity contribution in [3.63, 3.8) is 0 Å². The second kappa shape index (κ2) is 7.34. The van der Waals surface area contributed by atoms with E-state index in [-0.39, 0.29) is 11.2 Å². The molecule has 23 heavy (non-hydrogen) atoms. The Morgan fingerprint density at radius 2 is 2.09 bits per heavy atom. The highest BCUT2D eigenvalue weighted by molar-refractivity contribution is 8.02. The van der Waals surface area contributed by atoms with Crippen molar-refractivity contribution in [3.8, 4) is 0 Å². The maximum absolute atomic E-state index is 12.1. The number of hydrogen-bond acceptors (Lipinski definition) is 7.